The minimum Gasteiger partial charge on any atom is -0.321 e. The van der Waals surface area contributed by atoms with Crippen LogP contribution >= 0.6 is 0 Å². The van der Waals surface area contributed by atoms with Crippen LogP contribution in [0.4, 0.5) is 5.69 Å². The summed E-state index contributed by atoms with van der Waals surface area (Å²) in [6.07, 6.45) is 3.06. The highest BCUT2D eigenvalue weighted by Gasteiger charge is 2.24. The Morgan fingerprint density at radius 3 is 2.50 bits per heavy atom. The molecule has 2 heterocycles. The van der Waals surface area contributed by atoms with E-state index in [1.165, 1.54) is 12.7 Å². The molecular weight excluding hydrogens is 232 g/mol. The molecular formula is C11H16N6O. The summed E-state index contributed by atoms with van der Waals surface area (Å²) < 4.78 is 1.64. The molecule has 18 heavy (non-hydrogen) atoms. The van der Waals surface area contributed by atoms with Gasteiger partial charge < -0.3 is 5.32 Å². The second-order valence-corrected chi connectivity index (χ2v) is 5.12. The van der Waals surface area contributed by atoms with Crippen LogP contribution in [0.25, 0.3) is 5.82 Å². The molecule has 0 saturated carbocycles. The molecule has 2 aromatic rings. The Hall–Kier alpha value is -2.18. The van der Waals surface area contributed by atoms with Crippen molar-refractivity contribution in [2.45, 2.75) is 27.7 Å². The molecule has 0 aliphatic rings. The molecule has 0 atom stereocenters. The topological polar surface area (TPSA) is 88.5 Å². The highest BCUT2D eigenvalue weighted by Crippen LogP contribution is 2.24. The number of nitrogens with one attached hydrogen (secondary N) is 2. The van der Waals surface area contributed by atoms with Crippen LogP contribution in [0.5, 0.6) is 0 Å². The zero-order valence-electron chi connectivity index (χ0n) is 10.9. The van der Waals surface area contributed by atoms with Crippen LogP contribution in [0.1, 0.15) is 26.5 Å². The molecule has 2 rings (SSSR count). The maximum absolute atomic E-state index is 12.0. The Kier molecular flexibility index (Phi) is 2.90. The summed E-state index contributed by atoms with van der Waals surface area (Å²) in [6.45, 7) is 7.42. The lowest BCUT2D eigenvalue weighted by molar-refractivity contribution is -0.123. The van der Waals surface area contributed by atoms with E-state index in [1.54, 1.807) is 4.57 Å². The van der Waals surface area contributed by atoms with Crippen LogP contribution in [-0.4, -0.2) is 30.9 Å². The Balaban J connectivity index is 2.34. The van der Waals surface area contributed by atoms with E-state index in [1.807, 2.05) is 27.7 Å². The van der Waals surface area contributed by atoms with Gasteiger partial charge in [0.1, 0.15) is 18.3 Å². The number of aromatic nitrogens is 5. The number of anilines is 1. The number of hydrogen-bond acceptors (Lipinski definition) is 4. The fourth-order valence-electron chi connectivity index (χ4n) is 1.36. The van der Waals surface area contributed by atoms with Crippen LogP contribution in [0, 0.1) is 12.3 Å². The lowest BCUT2D eigenvalue weighted by Gasteiger charge is -2.17. The highest BCUT2D eigenvalue weighted by molar-refractivity contribution is 5.96. The van der Waals surface area contributed by atoms with E-state index in [2.05, 4.69) is 25.7 Å². The number of aromatic amines is 1. The molecule has 1 amide bonds. The number of aryl methyl sites for hydroxylation is 1. The van der Waals surface area contributed by atoms with Crippen molar-refractivity contribution >= 4 is 11.6 Å². The number of carbonyl (C=O) groups excluding carboxylic acids is 1. The summed E-state index contributed by atoms with van der Waals surface area (Å²) in [5, 5.41) is 17.3. The van der Waals surface area contributed by atoms with Crippen molar-refractivity contribution in [3.63, 3.8) is 0 Å². The van der Waals surface area contributed by atoms with E-state index in [0.29, 0.717) is 11.5 Å². The van der Waals surface area contributed by atoms with Crippen LogP contribution in [-0.2, 0) is 4.79 Å². The van der Waals surface area contributed by atoms with Gasteiger partial charge in [0.05, 0.1) is 5.69 Å². The average molecular weight is 248 g/mol. The van der Waals surface area contributed by atoms with Gasteiger partial charge >= 0.3 is 0 Å². The van der Waals surface area contributed by atoms with E-state index < -0.39 is 5.41 Å². The van der Waals surface area contributed by atoms with Gasteiger partial charge in [0.2, 0.25) is 5.91 Å². The molecule has 2 N–H and O–H groups in total. The Morgan fingerprint density at radius 2 is 1.94 bits per heavy atom. The standard InChI is InChI=1S/C11H16N6O/c1-7-8(14-10(18)11(2,3)4)9(16-15-7)17-5-12-13-6-17/h5-6H,1-4H3,(H,14,18)(H,15,16). The minimum atomic E-state index is -0.464. The quantitative estimate of drug-likeness (QED) is 0.838. The number of nitrogens with zero attached hydrogens (tertiary/aromatic N) is 4. The van der Waals surface area contributed by atoms with Crippen LogP contribution < -0.4 is 5.32 Å². The molecule has 0 aliphatic heterocycles. The number of H-pyrrole nitrogens is 1. The fourth-order valence-corrected chi connectivity index (χ4v) is 1.36. The van der Waals surface area contributed by atoms with E-state index in [4.69, 9.17) is 0 Å². The molecule has 0 aliphatic carbocycles. The van der Waals surface area contributed by atoms with Gasteiger partial charge in [-0.05, 0) is 6.92 Å². The largest absolute Gasteiger partial charge is 0.321 e. The zero-order valence-corrected chi connectivity index (χ0v) is 10.9. The molecule has 0 unspecified atom stereocenters. The van der Waals surface area contributed by atoms with Crippen molar-refractivity contribution in [2.24, 2.45) is 5.41 Å². The molecule has 7 heteroatoms. The number of carbonyl (C=O) groups is 1. The van der Waals surface area contributed by atoms with E-state index >= 15 is 0 Å². The maximum atomic E-state index is 12.0. The average Bonchev–Trinajstić information content (AvgIpc) is 2.88. The lowest BCUT2D eigenvalue weighted by Crippen LogP contribution is -2.28. The third kappa shape index (κ3) is 2.24. The van der Waals surface area contributed by atoms with Gasteiger partial charge in [-0.1, -0.05) is 20.8 Å². The lowest BCUT2D eigenvalue weighted by atomic mass is 9.95. The monoisotopic (exact) mass is 248 g/mol. The van der Waals surface area contributed by atoms with Gasteiger partial charge in [0.15, 0.2) is 5.82 Å². The molecule has 0 saturated heterocycles. The summed E-state index contributed by atoms with van der Waals surface area (Å²) in [4.78, 5) is 12.0. The smallest absolute Gasteiger partial charge is 0.229 e. The van der Waals surface area contributed by atoms with Crippen LogP contribution in [0.2, 0.25) is 0 Å². The van der Waals surface area contributed by atoms with Crippen molar-refractivity contribution in [3.8, 4) is 5.82 Å². The summed E-state index contributed by atoms with van der Waals surface area (Å²) in [5.74, 6) is 0.511. The third-order valence-electron chi connectivity index (χ3n) is 2.51. The zero-order chi connectivity index (χ0) is 13.3. The Bertz CT molecular complexity index is 549. The van der Waals surface area contributed by atoms with Crippen molar-refractivity contribution in [1.29, 1.82) is 0 Å². The van der Waals surface area contributed by atoms with E-state index in [9.17, 15) is 4.79 Å². The molecule has 96 valence electrons. The molecule has 0 spiro atoms. The number of hydrogen-bond donors (Lipinski definition) is 2. The molecule has 7 nitrogen and oxygen atoms in total. The second kappa shape index (κ2) is 4.25. The molecule has 0 aromatic carbocycles. The second-order valence-electron chi connectivity index (χ2n) is 5.12. The van der Waals surface area contributed by atoms with Gasteiger partial charge in [-0.25, -0.2) is 0 Å². The predicted molar refractivity (Wildman–Crippen MR) is 66.3 cm³/mol. The fraction of sp³-hybridized carbons (Fsp3) is 0.455. The predicted octanol–water partition coefficient (Wildman–Crippen LogP) is 1.28. The number of amides is 1. The first-order valence-electron chi connectivity index (χ1n) is 5.61. The summed E-state index contributed by atoms with van der Waals surface area (Å²) in [5.41, 5.74) is 0.972. The van der Waals surface area contributed by atoms with Crippen molar-refractivity contribution in [1.82, 2.24) is 25.0 Å². The SMILES string of the molecule is Cc1[nH]nc(-n2cnnc2)c1NC(=O)C(C)(C)C. The van der Waals surface area contributed by atoms with Crippen molar-refractivity contribution in [2.75, 3.05) is 5.32 Å². The first-order chi connectivity index (χ1) is 8.39. The van der Waals surface area contributed by atoms with Gasteiger partial charge in [0, 0.05) is 5.41 Å². The molecule has 0 bridgehead atoms. The van der Waals surface area contributed by atoms with Crippen molar-refractivity contribution < 1.29 is 4.79 Å². The first kappa shape index (κ1) is 12.3. The van der Waals surface area contributed by atoms with Crippen LogP contribution in [0.15, 0.2) is 12.7 Å². The Morgan fingerprint density at radius 1 is 1.33 bits per heavy atom. The molecule has 0 radical (unpaired) electrons. The van der Waals surface area contributed by atoms with Gasteiger partial charge in [-0.3, -0.25) is 14.5 Å². The van der Waals surface area contributed by atoms with Gasteiger partial charge in [-0.15, -0.1) is 10.2 Å². The van der Waals surface area contributed by atoms with Gasteiger partial charge in [0.25, 0.3) is 0 Å². The summed E-state index contributed by atoms with van der Waals surface area (Å²) >= 11 is 0. The summed E-state index contributed by atoms with van der Waals surface area (Å²) in [7, 11) is 0. The van der Waals surface area contributed by atoms with Crippen LogP contribution in [0.3, 0.4) is 0 Å². The normalized spacial score (nSPS) is 11.6. The third-order valence-corrected chi connectivity index (χ3v) is 2.51. The maximum Gasteiger partial charge on any atom is 0.229 e. The highest BCUT2D eigenvalue weighted by atomic mass is 16.2. The Labute approximate surface area is 105 Å². The summed E-state index contributed by atoms with van der Waals surface area (Å²) in [6, 6.07) is 0. The van der Waals surface area contributed by atoms with E-state index in [0.717, 1.165) is 5.69 Å². The minimum absolute atomic E-state index is 0.0682. The number of rotatable bonds is 2. The first-order valence-corrected chi connectivity index (χ1v) is 5.61. The van der Waals surface area contributed by atoms with Gasteiger partial charge in [-0.2, -0.15) is 5.10 Å². The van der Waals surface area contributed by atoms with Crippen molar-refractivity contribution in [3.05, 3.63) is 18.3 Å². The molecule has 2 aromatic heterocycles. The molecule has 0 fully saturated rings. The van der Waals surface area contributed by atoms with E-state index in [-0.39, 0.29) is 5.91 Å².